The molecule has 0 aromatic carbocycles. The summed E-state index contributed by atoms with van der Waals surface area (Å²) in [5.41, 5.74) is 0.956. The van der Waals surface area contributed by atoms with Crippen LogP contribution in [-0.2, 0) is 0 Å². The minimum atomic E-state index is -0.0238. The summed E-state index contributed by atoms with van der Waals surface area (Å²) in [6.45, 7) is 1.84. The van der Waals surface area contributed by atoms with Crippen molar-refractivity contribution in [2.75, 3.05) is 0 Å². The number of H-pyrrole nitrogens is 1. The number of allylic oxidation sites excluding steroid dienone is 2. The van der Waals surface area contributed by atoms with Crippen LogP contribution in [0.3, 0.4) is 0 Å². The Balaban J connectivity index is 2.00. The molecule has 1 saturated carbocycles. The monoisotopic (exact) mass is 202 g/mol. The number of nitrogens with zero attached hydrogens (tertiary/aromatic N) is 1. The molecule has 0 radical (unpaired) electrons. The maximum absolute atomic E-state index is 11.4. The van der Waals surface area contributed by atoms with Gasteiger partial charge in [0, 0.05) is 12.0 Å². The molecule has 1 fully saturated rings. The Morgan fingerprint density at radius 2 is 2.27 bits per heavy atom. The largest absolute Gasteiger partial charge is 0.311 e. The standard InChI is InChI=1S/C12H14N2O/c1-7-13-11(6-12(15)14-7)10-5-8-2-3-9(10)4-8/h2-3,6,8-10H,4-5H2,1H3,(H,13,14,15)/t8-,9-,10-/m0/s1. The highest BCUT2D eigenvalue weighted by Gasteiger charge is 2.37. The van der Waals surface area contributed by atoms with Crippen molar-refractivity contribution < 1.29 is 0 Å². The summed E-state index contributed by atoms with van der Waals surface area (Å²) in [5, 5.41) is 0. The molecular weight excluding hydrogens is 188 g/mol. The van der Waals surface area contributed by atoms with E-state index in [1.807, 2.05) is 6.92 Å². The molecule has 15 heavy (non-hydrogen) atoms. The Morgan fingerprint density at radius 1 is 1.40 bits per heavy atom. The van der Waals surface area contributed by atoms with Gasteiger partial charge in [0.1, 0.15) is 5.82 Å². The highest BCUT2D eigenvalue weighted by molar-refractivity contribution is 5.21. The molecular formula is C12H14N2O. The van der Waals surface area contributed by atoms with Crippen LogP contribution in [0.15, 0.2) is 23.0 Å². The van der Waals surface area contributed by atoms with Crippen LogP contribution in [-0.4, -0.2) is 9.97 Å². The summed E-state index contributed by atoms with van der Waals surface area (Å²) in [4.78, 5) is 18.5. The summed E-state index contributed by atoms with van der Waals surface area (Å²) in [5.74, 6) is 2.54. The lowest BCUT2D eigenvalue weighted by Crippen LogP contribution is -2.15. The van der Waals surface area contributed by atoms with Gasteiger partial charge in [0.15, 0.2) is 0 Å². The van der Waals surface area contributed by atoms with Crippen LogP contribution in [0.5, 0.6) is 0 Å². The molecule has 0 aliphatic heterocycles. The third-order valence-electron chi connectivity index (χ3n) is 3.54. The molecule has 1 aromatic heterocycles. The number of aryl methyl sites for hydroxylation is 1. The second-order valence-electron chi connectivity index (χ2n) is 4.64. The molecule has 0 unspecified atom stereocenters. The van der Waals surface area contributed by atoms with Crippen LogP contribution in [0, 0.1) is 18.8 Å². The van der Waals surface area contributed by atoms with Gasteiger partial charge in [0.2, 0.25) is 0 Å². The molecule has 3 rings (SSSR count). The highest BCUT2D eigenvalue weighted by atomic mass is 16.1. The second kappa shape index (κ2) is 3.05. The number of aromatic nitrogens is 2. The van der Waals surface area contributed by atoms with Crippen LogP contribution in [0.2, 0.25) is 0 Å². The van der Waals surface area contributed by atoms with Gasteiger partial charge in [-0.15, -0.1) is 0 Å². The van der Waals surface area contributed by atoms with E-state index in [0.717, 1.165) is 23.9 Å². The molecule has 0 amide bonds. The fourth-order valence-electron chi connectivity index (χ4n) is 2.91. The minimum Gasteiger partial charge on any atom is -0.311 e. The van der Waals surface area contributed by atoms with Crippen LogP contribution in [0.1, 0.15) is 30.3 Å². The van der Waals surface area contributed by atoms with Crippen molar-refractivity contribution in [1.29, 1.82) is 0 Å². The molecule has 2 aliphatic rings. The van der Waals surface area contributed by atoms with E-state index < -0.39 is 0 Å². The maximum atomic E-state index is 11.4. The zero-order valence-electron chi connectivity index (χ0n) is 8.73. The number of hydrogen-bond donors (Lipinski definition) is 1. The van der Waals surface area contributed by atoms with Gasteiger partial charge in [-0.05, 0) is 31.6 Å². The summed E-state index contributed by atoms with van der Waals surface area (Å²) in [6, 6.07) is 1.66. The topological polar surface area (TPSA) is 45.8 Å². The predicted molar refractivity (Wildman–Crippen MR) is 57.7 cm³/mol. The van der Waals surface area contributed by atoms with Crippen molar-refractivity contribution in [3.05, 3.63) is 40.1 Å². The third kappa shape index (κ3) is 1.42. The highest BCUT2D eigenvalue weighted by Crippen LogP contribution is 2.47. The number of rotatable bonds is 1. The van der Waals surface area contributed by atoms with Crippen molar-refractivity contribution in [3.63, 3.8) is 0 Å². The molecule has 2 aliphatic carbocycles. The van der Waals surface area contributed by atoms with E-state index in [-0.39, 0.29) is 5.56 Å². The van der Waals surface area contributed by atoms with E-state index in [1.54, 1.807) is 6.07 Å². The molecule has 0 saturated heterocycles. The number of fused-ring (bicyclic) bond motifs is 2. The first kappa shape index (κ1) is 8.89. The Bertz CT molecular complexity index is 475. The minimum absolute atomic E-state index is 0.0238. The van der Waals surface area contributed by atoms with E-state index in [2.05, 4.69) is 22.1 Å². The Morgan fingerprint density at radius 3 is 2.87 bits per heavy atom. The molecule has 3 atom stereocenters. The molecule has 1 N–H and O–H groups in total. The van der Waals surface area contributed by atoms with Crippen LogP contribution in [0.25, 0.3) is 0 Å². The Kier molecular flexibility index (Phi) is 1.81. The second-order valence-corrected chi connectivity index (χ2v) is 4.64. The van der Waals surface area contributed by atoms with Gasteiger partial charge in [-0.2, -0.15) is 0 Å². The first-order valence-electron chi connectivity index (χ1n) is 5.48. The first-order chi connectivity index (χ1) is 7.22. The van der Waals surface area contributed by atoms with Crippen molar-refractivity contribution >= 4 is 0 Å². The average molecular weight is 202 g/mol. The lowest BCUT2D eigenvalue weighted by atomic mass is 9.90. The lowest BCUT2D eigenvalue weighted by molar-refractivity contribution is 0.565. The van der Waals surface area contributed by atoms with E-state index >= 15 is 0 Å². The number of aromatic amines is 1. The van der Waals surface area contributed by atoms with Crippen molar-refractivity contribution in [3.8, 4) is 0 Å². The van der Waals surface area contributed by atoms with Gasteiger partial charge in [-0.3, -0.25) is 4.79 Å². The Hall–Kier alpha value is -1.38. The van der Waals surface area contributed by atoms with Gasteiger partial charge in [0.05, 0.1) is 5.69 Å². The van der Waals surface area contributed by atoms with Gasteiger partial charge < -0.3 is 4.98 Å². The van der Waals surface area contributed by atoms with Crippen molar-refractivity contribution in [2.45, 2.75) is 25.7 Å². The van der Waals surface area contributed by atoms with Gasteiger partial charge in [0.25, 0.3) is 5.56 Å². The van der Waals surface area contributed by atoms with E-state index in [1.165, 1.54) is 6.42 Å². The van der Waals surface area contributed by atoms with Gasteiger partial charge >= 0.3 is 0 Å². The summed E-state index contributed by atoms with van der Waals surface area (Å²) < 4.78 is 0. The normalized spacial score (nSPS) is 32.5. The van der Waals surface area contributed by atoms with E-state index in [9.17, 15) is 4.79 Å². The average Bonchev–Trinajstić information content (AvgIpc) is 2.76. The fourth-order valence-corrected chi connectivity index (χ4v) is 2.91. The van der Waals surface area contributed by atoms with Gasteiger partial charge in [-0.25, -0.2) is 4.98 Å². The van der Waals surface area contributed by atoms with Crippen LogP contribution >= 0.6 is 0 Å². The van der Waals surface area contributed by atoms with Crippen LogP contribution in [0.4, 0.5) is 0 Å². The van der Waals surface area contributed by atoms with Crippen molar-refractivity contribution in [2.24, 2.45) is 11.8 Å². The van der Waals surface area contributed by atoms with E-state index in [0.29, 0.717) is 11.8 Å². The number of hydrogen-bond acceptors (Lipinski definition) is 2. The quantitative estimate of drug-likeness (QED) is 0.705. The predicted octanol–water partition coefficient (Wildman–Crippen LogP) is 1.76. The molecule has 0 spiro atoms. The zero-order chi connectivity index (χ0) is 10.4. The van der Waals surface area contributed by atoms with Crippen LogP contribution < -0.4 is 5.56 Å². The Labute approximate surface area is 88.3 Å². The van der Waals surface area contributed by atoms with Crippen molar-refractivity contribution in [1.82, 2.24) is 9.97 Å². The third-order valence-corrected chi connectivity index (χ3v) is 3.54. The smallest absolute Gasteiger partial charge is 0.251 e. The molecule has 78 valence electrons. The molecule has 2 bridgehead atoms. The first-order valence-corrected chi connectivity index (χ1v) is 5.48. The molecule has 3 heteroatoms. The molecule has 1 heterocycles. The summed E-state index contributed by atoms with van der Waals surface area (Å²) >= 11 is 0. The summed E-state index contributed by atoms with van der Waals surface area (Å²) in [7, 11) is 0. The lowest BCUT2D eigenvalue weighted by Gasteiger charge is -2.17. The maximum Gasteiger partial charge on any atom is 0.251 e. The zero-order valence-corrected chi connectivity index (χ0v) is 8.73. The molecule has 1 aromatic rings. The summed E-state index contributed by atoms with van der Waals surface area (Å²) in [6.07, 6.45) is 7.01. The SMILES string of the molecule is Cc1nc([C@H]2C[C@H]3C=C[C@H]2C3)cc(=O)[nH]1. The fraction of sp³-hybridized carbons (Fsp3) is 0.500. The molecule has 3 nitrogen and oxygen atoms in total. The van der Waals surface area contributed by atoms with E-state index in [4.69, 9.17) is 0 Å². The van der Waals surface area contributed by atoms with Gasteiger partial charge in [-0.1, -0.05) is 12.2 Å². The number of nitrogens with one attached hydrogen (secondary N) is 1.